The molecule has 0 saturated carbocycles. The van der Waals surface area contributed by atoms with Crippen molar-refractivity contribution in [2.45, 2.75) is 34.6 Å². The Labute approximate surface area is 192 Å². The van der Waals surface area contributed by atoms with E-state index >= 15 is 0 Å². The first-order chi connectivity index (χ1) is 15.8. The zero-order chi connectivity index (χ0) is 23.5. The summed E-state index contributed by atoms with van der Waals surface area (Å²) < 4.78 is 7.69. The molecule has 8 nitrogen and oxygen atoms in total. The van der Waals surface area contributed by atoms with Gasteiger partial charge in [0.1, 0.15) is 11.6 Å². The number of carbonyl (C=O) groups excluding carboxylic acids is 1. The van der Waals surface area contributed by atoms with Gasteiger partial charge >= 0.3 is 6.03 Å². The normalized spacial score (nSPS) is 10.7. The van der Waals surface area contributed by atoms with Crippen LogP contribution in [0.4, 0.5) is 16.2 Å². The van der Waals surface area contributed by atoms with Crippen molar-refractivity contribution in [1.82, 2.24) is 19.7 Å². The number of nitrogens with zero attached hydrogens (tertiary/aromatic N) is 4. The zero-order valence-electron chi connectivity index (χ0n) is 19.3. The minimum Gasteiger partial charge on any atom is -0.439 e. The van der Waals surface area contributed by atoms with Crippen molar-refractivity contribution >= 4 is 17.4 Å². The summed E-state index contributed by atoms with van der Waals surface area (Å²) >= 11 is 0. The average molecular weight is 443 g/mol. The van der Waals surface area contributed by atoms with Gasteiger partial charge < -0.3 is 15.4 Å². The maximum atomic E-state index is 12.4. The molecule has 4 aromatic rings. The number of benzene rings is 2. The smallest absolute Gasteiger partial charge is 0.323 e. The summed E-state index contributed by atoms with van der Waals surface area (Å²) in [6.07, 6.45) is 0. The third-order valence-electron chi connectivity index (χ3n) is 5.21. The Bertz CT molecular complexity index is 1310. The van der Waals surface area contributed by atoms with Crippen LogP contribution in [0.1, 0.15) is 28.3 Å². The molecule has 0 aliphatic rings. The Hall–Kier alpha value is -4.20. The highest BCUT2D eigenvalue weighted by Gasteiger charge is 2.11. The lowest BCUT2D eigenvalue weighted by atomic mass is 10.1. The molecule has 168 valence electrons. The molecule has 0 saturated heterocycles. The van der Waals surface area contributed by atoms with E-state index in [-0.39, 0.29) is 6.03 Å². The molecule has 0 fully saturated rings. The lowest BCUT2D eigenvalue weighted by Gasteiger charge is -2.12. The summed E-state index contributed by atoms with van der Waals surface area (Å²) in [5.74, 6) is 2.23. The zero-order valence-corrected chi connectivity index (χ0v) is 19.3. The topological polar surface area (TPSA) is 94.0 Å². The molecule has 8 heteroatoms. The summed E-state index contributed by atoms with van der Waals surface area (Å²) in [5.41, 5.74) is 5.48. The van der Waals surface area contributed by atoms with Crippen molar-refractivity contribution in [2.24, 2.45) is 0 Å². The van der Waals surface area contributed by atoms with E-state index in [4.69, 9.17) is 4.74 Å². The summed E-state index contributed by atoms with van der Waals surface area (Å²) in [5, 5.41) is 10.2. The Morgan fingerprint density at radius 1 is 0.909 bits per heavy atom. The number of carbonyl (C=O) groups is 1. The second kappa shape index (κ2) is 9.12. The van der Waals surface area contributed by atoms with E-state index in [1.54, 1.807) is 35.0 Å². The van der Waals surface area contributed by atoms with E-state index in [0.717, 1.165) is 28.2 Å². The van der Waals surface area contributed by atoms with Gasteiger partial charge in [-0.2, -0.15) is 10.1 Å². The number of ether oxygens (including phenoxy) is 1. The number of hydrogen-bond donors (Lipinski definition) is 2. The van der Waals surface area contributed by atoms with Crippen LogP contribution in [0.5, 0.6) is 11.6 Å². The Balaban J connectivity index is 1.44. The predicted molar refractivity (Wildman–Crippen MR) is 128 cm³/mol. The second-order valence-corrected chi connectivity index (χ2v) is 7.90. The first-order valence-electron chi connectivity index (χ1n) is 10.6. The molecule has 0 atom stereocenters. The summed E-state index contributed by atoms with van der Waals surface area (Å²) in [7, 11) is 0. The number of nitrogens with one attached hydrogen (secondary N) is 2. The molecule has 33 heavy (non-hydrogen) atoms. The maximum Gasteiger partial charge on any atom is 0.323 e. The van der Waals surface area contributed by atoms with Gasteiger partial charge in [0.2, 0.25) is 5.88 Å². The van der Waals surface area contributed by atoms with Gasteiger partial charge in [0.25, 0.3) is 0 Å². The van der Waals surface area contributed by atoms with Crippen LogP contribution in [-0.2, 0) is 0 Å². The number of aromatic nitrogens is 4. The molecule has 0 bridgehead atoms. The summed E-state index contributed by atoms with van der Waals surface area (Å²) in [6, 6.07) is 16.3. The molecule has 0 radical (unpaired) electrons. The Morgan fingerprint density at radius 2 is 1.67 bits per heavy atom. The fourth-order valence-corrected chi connectivity index (χ4v) is 3.45. The van der Waals surface area contributed by atoms with Crippen LogP contribution in [0, 0.1) is 34.6 Å². The molecular weight excluding hydrogens is 416 g/mol. The van der Waals surface area contributed by atoms with Crippen LogP contribution in [0.25, 0.3) is 5.82 Å². The van der Waals surface area contributed by atoms with Crippen molar-refractivity contribution < 1.29 is 9.53 Å². The first-order valence-corrected chi connectivity index (χ1v) is 10.6. The van der Waals surface area contributed by atoms with Crippen molar-refractivity contribution in [3.63, 3.8) is 0 Å². The molecule has 2 N–H and O–H groups in total. The van der Waals surface area contributed by atoms with E-state index in [2.05, 4.69) is 25.7 Å². The van der Waals surface area contributed by atoms with E-state index in [1.807, 2.05) is 58.9 Å². The molecule has 0 aliphatic heterocycles. The quantitative estimate of drug-likeness (QED) is 0.417. The molecule has 0 unspecified atom stereocenters. The van der Waals surface area contributed by atoms with Gasteiger partial charge in [0.05, 0.1) is 5.69 Å². The fraction of sp³-hybridized carbons (Fsp3) is 0.200. The van der Waals surface area contributed by atoms with Gasteiger partial charge in [-0.1, -0.05) is 12.1 Å². The Morgan fingerprint density at radius 3 is 2.36 bits per heavy atom. The molecule has 2 amide bonds. The second-order valence-electron chi connectivity index (χ2n) is 7.90. The van der Waals surface area contributed by atoms with Gasteiger partial charge in [-0.05, 0) is 82.1 Å². The average Bonchev–Trinajstić information content (AvgIpc) is 3.10. The van der Waals surface area contributed by atoms with Gasteiger partial charge in [-0.15, -0.1) is 0 Å². The van der Waals surface area contributed by atoms with Gasteiger partial charge in [-0.25, -0.2) is 14.5 Å². The summed E-state index contributed by atoms with van der Waals surface area (Å²) in [4.78, 5) is 21.2. The third kappa shape index (κ3) is 5.17. The minimum atomic E-state index is -0.307. The van der Waals surface area contributed by atoms with Gasteiger partial charge in [0.15, 0.2) is 5.82 Å². The van der Waals surface area contributed by atoms with Crippen molar-refractivity contribution in [3.8, 4) is 17.4 Å². The van der Waals surface area contributed by atoms with Crippen molar-refractivity contribution in [2.75, 3.05) is 10.6 Å². The molecule has 4 rings (SSSR count). The van der Waals surface area contributed by atoms with Crippen LogP contribution >= 0.6 is 0 Å². The van der Waals surface area contributed by atoms with Crippen molar-refractivity contribution in [1.29, 1.82) is 0 Å². The first kappa shape index (κ1) is 22.0. The lowest BCUT2D eigenvalue weighted by molar-refractivity contribution is 0.262. The van der Waals surface area contributed by atoms with Crippen LogP contribution in [0.15, 0.2) is 54.6 Å². The third-order valence-corrected chi connectivity index (χ3v) is 5.21. The predicted octanol–water partition coefficient (Wildman–Crippen LogP) is 5.64. The fourth-order valence-electron chi connectivity index (χ4n) is 3.45. The van der Waals surface area contributed by atoms with E-state index < -0.39 is 0 Å². The Kier molecular flexibility index (Phi) is 6.08. The van der Waals surface area contributed by atoms with E-state index in [1.165, 1.54) is 0 Å². The molecule has 2 aromatic carbocycles. The maximum absolute atomic E-state index is 12.4. The van der Waals surface area contributed by atoms with Crippen LogP contribution in [0.3, 0.4) is 0 Å². The highest BCUT2D eigenvalue weighted by Crippen LogP contribution is 2.24. The number of urea groups is 1. The number of rotatable bonds is 5. The molecular formula is C25H26N6O2. The summed E-state index contributed by atoms with van der Waals surface area (Å²) in [6.45, 7) is 9.71. The van der Waals surface area contributed by atoms with Gasteiger partial charge in [0, 0.05) is 23.1 Å². The van der Waals surface area contributed by atoms with Crippen molar-refractivity contribution in [3.05, 3.63) is 82.9 Å². The molecule has 2 heterocycles. The molecule has 0 aliphatic carbocycles. The van der Waals surface area contributed by atoms with Crippen LogP contribution < -0.4 is 15.4 Å². The monoisotopic (exact) mass is 442 g/mol. The molecule has 2 aromatic heterocycles. The number of hydrogen-bond acceptors (Lipinski definition) is 5. The molecule has 0 spiro atoms. The highest BCUT2D eigenvalue weighted by atomic mass is 16.5. The SMILES string of the molecule is Cc1cc(C)n(-c2cc(Oc3ccc(NC(=O)Nc4cccc(C)c4C)cc3)nc(C)n2)n1. The lowest BCUT2D eigenvalue weighted by Crippen LogP contribution is -2.20. The highest BCUT2D eigenvalue weighted by molar-refractivity contribution is 6.00. The van der Waals surface area contributed by atoms with E-state index in [9.17, 15) is 4.79 Å². The van der Waals surface area contributed by atoms with Crippen LogP contribution in [0.2, 0.25) is 0 Å². The standard InChI is InChI=1S/C25H26N6O2/c1-15-7-6-8-22(18(15)4)29-25(32)28-20-9-11-21(12-10-20)33-24-14-23(26-19(5)27-24)31-17(3)13-16(2)30-31/h6-14H,1-5H3,(H2,28,29,32). The van der Waals surface area contributed by atoms with Gasteiger partial charge in [-0.3, -0.25) is 0 Å². The van der Waals surface area contributed by atoms with Crippen LogP contribution in [-0.4, -0.2) is 25.8 Å². The largest absolute Gasteiger partial charge is 0.439 e. The van der Waals surface area contributed by atoms with E-state index in [0.29, 0.717) is 29.0 Å². The number of anilines is 2. The number of amides is 2. The minimum absolute atomic E-state index is 0.307. The number of aryl methyl sites for hydroxylation is 4.